The Balaban J connectivity index is 1.58. The minimum absolute atomic E-state index is 0.195. The van der Waals surface area contributed by atoms with E-state index in [1.54, 1.807) is 0 Å². The third-order valence-electron chi connectivity index (χ3n) is 3.05. The van der Waals surface area contributed by atoms with Gasteiger partial charge in [-0.05, 0) is 24.3 Å². The average molecular weight is 284 g/mol. The van der Waals surface area contributed by atoms with Gasteiger partial charge in [0.2, 0.25) is 0 Å². The van der Waals surface area contributed by atoms with Crippen LogP contribution in [0.3, 0.4) is 0 Å². The number of nitrogens with one attached hydrogen (secondary N) is 2. The smallest absolute Gasteiger partial charge is 0.269 e. The quantitative estimate of drug-likeness (QED) is 0.770. The fourth-order valence-corrected chi connectivity index (χ4v) is 2.02. The van der Waals surface area contributed by atoms with Crippen molar-refractivity contribution in [2.24, 2.45) is 0 Å². The molecule has 2 aromatic heterocycles. The first kappa shape index (κ1) is 13.2. The number of aromatic nitrogens is 3. The first-order valence-electron chi connectivity index (χ1n) is 6.56. The van der Waals surface area contributed by atoms with Crippen molar-refractivity contribution in [1.29, 1.82) is 0 Å². The normalized spacial score (nSPS) is 10.7. The maximum absolute atomic E-state index is 12.7. The predicted octanol–water partition coefficient (Wildman–Crippen LogP) is 2.07. The largest absolute Gasteiger partial charge is 0.350 e. The van der Waals surface area contributed by atoms with Crippen LogP contribution in [-0.4, -0.2) is 27.4 Å². The Hall–Kier alpha value is -2.76. The van der Waals surface area contributed by atoms with Crippen molar-refractivity contribution < 1.29 is 9.18 Å². The molecule has 0 atom stereocenters. The summed E-state index contributed by atoms with van der Waals surface area (Å²) in [4.78, 5) is 23.1. The Morgan fingerprint density at radius 1 is 1.24 bits per heavy atom. The van der Waals surface area contributed by atoms with Gasteiger partial charge in [-0.3, -0.25) is 4.79 Å². The Bertz CT molecular complexity index is 734. The lowest BCUT2D eigenvalue weighted by molar-refractivity contribution is 0.0949. The predicted molar refractivity (Wildman–Crippen MR) is 76.3 cm³/mol. The van der Waals surface area contributed by atoms with Crippen molar-refractivity contribution in [3.8, 4) is 0 Å². The van der Waals surface area contributed by atoms with Gasteiger partial charge in [0.15, 0.2) is 0 Å². The molecule has 0 radical (unpaired) electrons. The van der Waals surface area contributed by atoms with Crippen molar-refractivity contribution in [3.63, 3.8) is 0 Å². The maximum Gasteiger partial charge on any atom is 0.269 e. The molecule has 1 aromatic carbocycles. The van der Waals surface area contributed by atoms with Crippen LogP contribution in [0, 0.1) is 5.82 Å². The molecule has 0 bridgehead atoms. The third-order valence-corrected chi connectivity index (χ3v) is 3.05. The number of fused-ring (bicyclic) bond motifs is 1. The number of carbonyl (C=O) groups excluding carboxylic acids is 1. The number of imidazole rings is 1. The van der Waals surface area contributed by atoms with Gasteiger partial charge in [-0.1, -0.05) is 12.1 Å². The topological polar surface area (TPSA) is 70.7 Å². The Morgan fingerprint density at radius 2 is 2.10 bits per heavy atom. The molecule has 0 aliphatic rings. The molecule has 2 heterocycles. The van der Waals surface area contributed by atoms with Crippen molar-refractivity contribution in [3.05, 3.63) is 59.9 Å². The molecule has 2 N–H and O–H groups in total. The van der Waals surface area contributed by atoms with E-state index in [-0.39, 0.29) is 11.6 Å². The van der Waals surface area contributed by atoms with Gasteiger partial charge in [0.05, 0.1) is 17.2 Å². The van der Waals surface area contributed by atoms with Gasteiger partial charge in [-0.25, -0.2) is 14.4 Å². The number of halogens is 1. The lowest BCUT2D eigenvalue weighted by Gasteiger charge is -2.03. The van der Waals surface area contributed by atoms with Crippen molar-refractivity contribution >= 4 is 16.9 Å². The number of nitrogens with zero attached hydrogens (tertiary/aromatic N) is 2. The van der Waals surface area contributed by atoms with Crippen LogP contribution in [0.25, 0.3) is 11.0 Å². The molecule has 0 aliphatic carbocycles. The second-order valence-corrected chi connectivity index (χ2v) is 4.57. The van der Waals surface area contributed by atoms with E-state index in [1.807, 2.05) is 24.3 Å². The summed E-state index contributed by atoms with van der Waals surface area (Å²) in [5, 5.41) is 2.73. The van der Waals surface area contributed by atoms with Gasteiger partial charge in [0.25, 0.3) is 5.91 Å². The van der Waals surface area contributed by atoms with Crippen LogP contribution in [0.1, 0.15) is 16.3 Å². The fourth-order valence-electron chi connectivity index (χ4n) is 2.02. The zero-order valence-electron chi connectivity index (χ0n) is 11.1. The van der Waals surface area contributed by atoms with Gasteiger partial charge in [-0.2, -0.15) is 0 Å². The van der Waals surface area contributed by atoms with Crippen LogP contribution in [0.5, 0.6) is 0 Å². The van der Waals surface area contributed by atoms with Gasteiger partial charge in [-0.15, -0.1) is 0 Å². The first-order chi connectivity index (χ1) is 10.2. The first-order valence-corrected chi connectivity index (χ1v) is 6.56. The summed E-state index contributed by atoms with van der Waals surface area (Å²) >= 11 is 0. The van der Waals surface area contributed by atoms with Crippen LogP contribution in [0.4, 0.5) is 4.39 Å². The molecule has 21 heavy (non-hydrogen) atoms. The Kier molecular flexibility index (Phi) is 3.59. The summed E-state index contributed by atoms with van der Waals surface area (Å²) < 4.78 is 12.7. The molecule has 3 rings (SSSR count). The summed E-state index contributed by atoms with van der Waals surface area (Å²) in [6, 6.07) is 10.3. The number of H-pyrrole nitrogens is 1. The number of pyridine rings is 1. The number of aromatic amines is 1. The molecule has 0 saturated heterocycles. The molecule has 0 fully saturated rings. The zero-order chi connectivity index (χ0) is 14.7. The highest BCUT2D eigenvalue weighted by Gasteiger charge is 2.07. The van der Waals surface area contributed by atoms with Crippen LogP contribution in [0.15, 0.2) is 42.6 Å². The molecule has 0 saturated carbocycles. The van der Waals surface area contributed by atoms with Crippen LogP contribution < -0.4 is 5.32 Å². The van der Waals surface area contributed by atoms with E-state index in [1.165, 1.54) is 12.1 Å². The lowest BCUT2D eigenvalue weighted by Crippen LogP contribution is -2.26. The van der Waals surface area contributed by atoms with E-state index in [0.29, 0.717) is 13.0 Å². The molecule has 3 aromatic rings. The minimum atomic E-state index is -0.464. The number of hydrogen-bond acceptors (Lipinski definition) is 3. The fraction of sp³-hybridized carbons (Fsp3) is 0.133. The van der Waals surface area contributed by atoms with Crippen LogP contribution in [0.2, 0.25) is 0 Å². The monoisotopic (exact) mass is 284 g/mol. The molecular formula is C15H13FN4O. The van der Waals surface area contributed by atoms with Crippen molar-refractivity contribution in [2.45, 2.75) is 6.42 Å². The van der Waals surface area contributed by atoms with Crippen molar-refractivity contribution in [1.82, 2.24) is 20.3 Å². The molecule has 6 heteroatoms. The van der Waals surface area contributed by atoms with Crippen LogP contribution >= 0.6 is 0 Å². The summed E-state index contributed by atoms with van der Waals surface area (Å²) in [6.45, 7) is 0.428. The molecule has 1 amide bonds. The summed E-state index contributed by atoms with van der Waals surface area (Å²) in [5.74, 6) is 0.0171. The SMILES string of the molecule is O=C(NCCc1nc2ccccc2[nH]1)c1ccc(F)cn1. The van der Waals surface area contributed by atoms with E-state index < -0.39 is 5.82 Å². The summed E-state index contributed by atoms with van der Waals surface area (Å²) in [5.41, 5.74) is 2.07. The van der Waals surface area contributed by atoms with E-state index >= 15 is 0 Å². The summed E-state index contributed by atoms with van der Waals surface area (Å²) in [6.07, 6.45) is 1.61. The molecule has 5 nitrogen and oxygen atoms in total. The second-order valence-electron chi connectivity index (χ2n) is 4.57. The molecule has 0 aliphatic heterocycles. The molecule has 106 valence electrons. The number of carbonyl (C=O) groups is 1. The van der Waals surface area contributed by atoms with Gasteiger partial charge in [0.1, 0.15) is 17.3 Å². The molecular weight excluding hydrogens is 271 g/mol. The lowest BCUT2D eigenvalue weighted by atomic mass is 10.3. The highest BCUT2D eigenvalue weighted by molar-refractivity contribution is 5.92. The van der Waals surface area contributed by atoms with Crippen LogP contribution in [-0.2, 0) is 6.42 Å². The third kappa shape index (κ3) is 3.05. The Morgan fingerprint density at radius 3 is 2.86 bits per heavy atom. The molecule has 0 unspecified atom stereocenters. The van der Waals surface area contributed by atoms with E-state index in [4.69, 9.17) is 0 Å². The van der Waals surface area contributed by atoms with E-state index in [0.717, 1.165) is 23.1 Å². The average Bonchev–Trinajstić information content (AvgIpc) is 2.90. The van der Waals surface area contributed by atoms with Gasteiger partial charge < -0.3 is 10.3 Å². The Labute approximate surface area is 120 Å². The number of amides is 1. The highest BCUT2D eigenvalue weighted by atomic mass is 19.1. The minimum Gasteiger partial charge on any atom is -0.350 e. The summed E-state index contributed by atoms with van der Waals surface area (Å²) in [7, 11) is 0. The van der Waals surface area contributed by atoms with Crippen molar-refractivity contribution in [2.75, 3.05) is 6.54 Å². The van der Waals surface area contributed by atoms with Gasteiger partial charge in [0, 0.05) is 13.0 Å². The number of para-hydroxylation sites is 2. The second kappa shape index (κ2) is 5.70. The zero-order valence-corrected chi connectivity index (χ0v) is 11.1. The van der Waals surface area contributed by atoms with E-state index in [9.17, 15) is 9.18 Å². The van der Waals surface area contributed by atoms with E-state index in [2.05, 4.69) is 20.3 Å². The number of hydrogen-bond donors (Lipinski definition) is 2. The number of rotatable bonds is 4. The van der Waals surface area contributed by atoms with Gasteiger partial charge >= 0.3 is 0 Å². The standard InChI is InChI=1S/C15H13FN4O/c16-10-5-6-13(18-9-10)15(21)17-8-7-14-19-11-3-1-2-4-12(11)20-14/h1-6,9H,7-8H2,(H,17,21)(H,19,20). The molecule has 0 spiro atoms. The number of benzene rings is 1. The highest BCUT2D eigenvalue weighted by Crippen LogP contribution is 2.10. The maximum atomic E-state index is 12.7.